The average molecular weight is 355 g/mol. The van der Waals surface area contributed by atoms with Gasteiger partial charge in [-0.05, 0) is 54.8 Å². The molecule has 5 heteroatoms. The van der Waals surface area contributed by atoms with Gasteiger partial charge in [0.25, 0.3) is 0 Å². The molecule has 1 aliphatic heterocycles. The number of hydrogen-bond donors (Lipinski definition) is 1. The number of benzene rings is 1. The molecule has 1 N–H and O–H groups in total. The van der Waals surface area contributed by atoms with Crippen LogP contribution in [0.15, 0.2) is 34.7 Å². The van der Waals surface area contributed by atoms with Gasteiger partial charge in [-0.15, -0.1) is 0 Å². The van der Waals surface area contributed by atoms with Crippen molar-refractivity contribution in [3.8, 4) is 0 Å². The highest BCUT2D eigenvalue weighted by atomic mass is 79.9. The van der Waals surface area contributed by atoms with Crippen LogP contribution < -0.4 is 5.32 Å². The van der Waals surface area contributed by atoms with Gasteiger partial charge in [0, 0.05) is 5.69 Å². The van der Waals surface area contributed by atoms with Gasteiger partial charge in [-0.2, -0.15) is 0 Å². The number of anilines is 1. The molecule has 1 unspecified atom stereocenters. The van der Waals surface area contributed by atoms with Gasteiger partial charge in [-0.1, -0.05) is 28.1 Å². The molecule has 0 aliphatic carbocycles. The molecular formula is C15H13BrClNO2. The fourth-order valence-electron chi connectivity index (χ4n) is 2.38. The summed E-state index contributed by atoms with van der Waals surface area (Å²) in [7, 11) is 0. The zero-order chi connectivity index (χ0) is 14.5. The smallest absolute Gasteiger partial charge is 0.234 e. The van der Waals surface area contributed by atoms with Gasteiger partial charge >= 0.3 is 0 Å². The van der Waals surface area contributed by atoms with Crippen LogP contribution in [-0.4, -0.2) is 5.91 Å². The summed E-state index contributed by atoms with van der Waals surface area (Å²) in [5.74, 6) is 0.766. The standard InChI is InChI=1S/C15H13BrClNO2/c1-15(2)9-7-8(3-4-10(9)18-14(15)19)13(16)11-5-6-12(17)20-11/h3-7,13H,1-2H3,(H,18,19). The van der Waals surface area contributed by atoms with E-state index in [4.69, 9.17) is 16.0 Å². The number of amides is 1. The van der Waals surface area contributed by atoms with E-state index in [1.807, 2.05) is 38.1 Å². The van der Waals surface area contributed by atoms with Crippen LogP contribution in [0.1, 0.15) is 35.6 Å². The maximum absolute atomic E-state index is 11.9. The average Bonchev–Trinajstić information content (AvgIpc) is 2.92. The molecule has 0 radical (unpaired) electrons. The summed E-state index contributed by atoms with van der Waals surface area (Å²) in [4.78, 5) is 11.9. The number of nitrogens with one attached hydrogen (secondary N) is 1. The summed E-state index contributed by atoms with van der Waals surface area (Å²) >= 11 is 9.42. The molecule has 0 bridgehead atoms. The van der Waals surface area contributed by atoms with Gasteiger partial charge in [0.1, 0.15) is 5.76 Å². The maximum Gasteiger partial charge on any atom is 0.234 e. The number of carbonyl (C=O) groups excluding carboxylic acids is 1. The Morgan fingerprint density at radius 1 is 1.30 bits per heavy atom. The fourth-order valence-corrected chi connectivity index (χ4v) is 3.06. The summed E-state index contributed by atoms with van der Waals surface area (Å²) in [6, 6.07) is 9.48. The molecule has 20 heavy (non-hydrogen) atoms. The zero-order valence-corrected chi connectivity index (χ0v) is 13.4. The van der Waals surface area contributed by atoms with Gasteiger partial charge in [0.05, 0.1) is 10.2 Å². The van der Waals surface area contributed by atoms with Gasteiger partial charge in [-0.3, -0.25) is 4.79 Å². The molecule has 3 rings (SSSR count). The molecule has 1 aromatic carbocycles. The van der Waals surface area contributed by atoms with Crippen molar-refractivity contribution in [1.29, 1.82) is 0 Å². The van der Waals surface area contributed by atoms with E-state index in [2.05, 4.69) is 21.2 Å². The molecule has 2 heterocycles. The van der Waals surface area contributed by atoms with Crippen LogP contribution in [0.5, 0.6) is 0 Å². The second-order valence-corrected chi connectivity index (χ2v) is 6.68. The lowest BCUT2D eigenvalue weighted by Gasteiger charge is -2.17. The Morgan fingerprint density at radius 3 is 2.70 bits per heavy atom. The number of hydrogen-bond acceptors (Lipinski definition) is 2. The third kappa shape index (κ3) is 2.07. The summed E-state index contributed by atoms with van der Waals surface area (Å²) < 4.78 is 5.43. The minimum atomic E-state index is -0.515. The van der Waals surface area contributed by atoms with Crippen molar-refractivity contribution in [1.82, 2.24) is 0 Å². The Kier molecular flexibility index (Phi) is 3.18. The van der Waals surface area contributed by atoms with Crippen LogP contribution >= 0.6 is 27.5 Å². The van der Waals surface area contributed by atoms with Crippen molar-refractivity contribution < 1.29 is 9.21 Å². The molecular weight excluding hydrogens is 342 g/mol. The lowest BCUT2D eigenvalue weighted by molar-refractivity contribution is -0.119. The molecule has 3 nitrogen and oxygen atoms in total. The number of carbonyl (C=O) groups is 1. The van der Waals surface area contributed by atoms with E-state index in [1.54, 1.807) is 6.07 Å². The summed E-state index contributed by atoms with van der Waals surface area (Å²) in [5, 5.41) is 3.26. The second kappa shape index (κ2) is 4.64. The van der Waals surface area contributed by atoms with E-state index >= 15 is 0 Å². The molecule has 0 saturated heterocycles. The highest BCUT2D eigenvalue weighted by Gasteiger charge is 2.38. The van der Waals surface area contributed by atoms with Crippen molar-refractivity contribution in [3.05, 3.63) is 52.4 Å². The summed E-state index contributed by atoms with van der Waals surface area (Å²) in [6.45, 7) is 3.84. The van der Waals surface area contributed by atoms with Crippen LogP contribution in [0, 0.1) is 0 Å². The Hall–Kier alpha value is -1.26. The number of rotatable bonds is 2. The van der Waals surface area contributed by atoms with E-state index in [1.165, 1.54) is 0 Å². The summed E-state index contributed by atoms with van der Waals surface area (Å²) in [6.07, 6.45) is 0. The van der Waals surface area contributed by atoms with Crippen LogP contribution in [0.3, 0.4) is 0 Å². The quantitative estimate of drug-likeness (QED) is 0.798. The monoisotopic (exact) mass is 353 g/mol. The van der Waals surface area contributed by atoms with Crippen LogP contribution in [0.4, 0.5) is 5.69 Å². The second-order valence-electron chi connectivity index (χ2n) is 5.39. The van der Waals surface area contributed by atoms with E-state index in [0.29, 0.717) is 5.22 Å². The first kappa shape index (κ1) is 13.7. The molecule has 1 amide bonds. The lowest BCUT2D eigenvalue weighted by atomic mass is 9.85. The van der Waals surface area contributed by atoms with Gasteiger partial charge in [0.15, 0.2) is 5.22 Å². The van der Waals surface area contributed by atoms with Gasteiger partial charge < -0.3 is 9.73 Å². The third-order valence-electron chi connectivity index (χ3n) is 3.67. The first-order valence-electron chi connectivity index (χ1n) is 6.25. The minimum Gasteiger partial charge on any atom is -0.448 e. The topological polar surface area (TPSA) is 42.2 Å². The Morgan fingerprint density at radius 2 is 2.05 bits per heavy atom. The Bertz CT molecular complexity index is 693. The SMILES string of the molecule is CC1(C)C(=O)Nc2ccc(C(Br)c3ccc(Cl)o3)cc21. The number of fused-ring (bicyclic) bond motifs is 1. The Balaban J connectivity index is 2.02. The highest BCUT2D eigenvalue weighted by Crippen LogP contribution is 2.41. The van der Waals surface area contributed by atoms with Crippen LogP contribution in [0.25, 0.3) is 0 Å². The zero-order valence-electron chi connectivity index (χ0n) is 11.0. The number of furan rings is 1. The number of alkyl halides is 1. The first-order chi connectivity index (χ1) is 9.39. The highest BCUT2D eigenvalue weighted by molar-refractivity contribution is 9.09. The molecule has 2 aromatic rings. The van der Waals surface area contributed by atoms with Crippen molar-refractivity contribution in [2.45, 2.75) is 24.1 Å². The van der Waals surface area contributed by atoms with Gasteiger partial charge in [0.2, 0.25) is 5.91 Å². The van der Waals surface area contributed by atoms with Crippen LogP contribution in [-0.2, 0) is 10.2 Å². The fraction of sp³-hybridized carbons (Fsp3) is 0.267. The lowest BCUT2D eigenvalue weighted by Crippen LogP contribution is -2.26. The molecule has 104 valence electrons. The maximum atomic E-state index is 11.9. The van der Waals surface area contributed by atoms with Crippen LogP contribution in [0.2, 0.25) is 5.22 Å². The molecule has 0 saturated carbocycles. The summed E-state index contributed by atoms with van der Waals surface area (Å²) in [5.41, 5.74) is 2.39. The van der Waals surface area contributed by atoms with E-state index in [-0.39, 0.29) is 10.7 Å². The van der Waals surface area contributed by atoms with Crippen molar-refractivity contribution in [3.63, 3.8) is 0 Å². The van der Waals surface area contributed by atoms with Crippen molar-refractivity contribution >= 4 is 39.1 Å². The molecule has 0 fully saturated rings. The Labute approximate surface area is 130 Å². The van der Waals surface area contributed by atoms with E-state index in [0.717, 1.165) is 22.6 Å². The van der Waals surface area contributed by atoms with Crippen molar-refractivity contribution in [2.75, 3.05) is 5.32 Å². The first-order valence-corrected chi connectivity index (χ1v) is 7.54. The molecule has 1 aromatic heterocycles. The normalized spacial score (nSPS) is 17.7. The third-order valence-corrected chi connectivity index (χ3v) is 4.85. The molecule has 1 aliphatic rings. The van der Waals surface area contributed by atoms with E-state index < -0.39 is 5.41 Å². The predicted octanol–water partition coefficient (Wildman–Crippen LogP) is 4.65. The molecule has 1 atom stereocenters. The van der Waals surface area contributed by atoms with Gasteiger partial charge in [-0.25, -0.2) is 0 Å². The van der Waals surface area contributed by atoms with E-state index in [9.17, 15) is 4.79 Å². The largest absolute Gasteiger partial charge is 0.448 e. The molecule has 0 spiro atoms. The van der Waals surface area contributed by atoms with Crippen molar-refractivity contribution in [2.24, 2.45) is 0 Å². The predicted molar refractivity (Wildman–Crippen MR) is 82.6 cm³/mol. The number of halogens is 2. The minimum absolute atomic E-state index is 0.0248.